The van der Waals surface area contributed by atoms with Gasteiger partial charge in [-0.25, -0.2) is 0 Å². The van der Waals surface area contributed by atoms with Crippen LogP contribution in [0.5, 0.6) is 5.75 Å². The molecule has 2 unspecified atom stereocenters. The lowest BCUT2D eigenvalue weighted by Gasteiger charge is -2.38. The van der Waals surface area contributed by atoms with Crippen LogP contribution in [0.15, 0.2) is 6.20 Å². The zero-order chi connectivity index (χ0) is 14.7. The van der Waals surface area contributed by atoms with E-state index in [1.54, 1.807) is 13.3 Å². The fraction of sp³-hybridized carbons (Fsp3) is 0.786. The van der Waals surface area contributed by atoms with Gasteiger partial charge in [-0.15, -0.1) is 0 Å². The van der Waals surface area contributed by atoms with Crippen molar-refractivity contribution >= 4 is 0 Å². The Morgan fingerprint density at radius 3 is 2.85 bits per heavy atom. The molecule has 0 aliphatic carbocycles. The molecule has 1 aromatic rings. The van der Waals surface area contributed by atoms with Gasteiger partial charge in [-0.05, 0) is 27.4 Å². The molecule has 1 aromatic heterocycles. The fourth-order valence-electron chi connectivity index (χ4n) is 2.92. The average molecular weight is 281 g/mol. The number of likely N-dealkylation sites (N-methyl/N-ethyl adjacent to an activating group) is 2. The molecule has 6 nitrogen and oxygen atoms in total. The summed E-state index contributed by atoms with van der Waals surface area (Å²) >= 11 is 0. The molecule has 1 aliphatic heterocycles. The first-order chi connectivity index (χ1) is 9.56. The first-order valence-corrected chi connectivity index (χ1v) is 7.30. The Bertz CT molecular complexity index is 412. The number of aryl methyl sites for hydroxylation is 1. The first kappa shape index (κ1) is 15.3. The Hall–Kier alpha value is -1.11. The first-order valence-electron chi connectivity index (χ1n) is 7.30. The van der Waals surface area contributed by atoms with Crippen LogP contribution in [0.1, 0.15) is 25.1 Å². The summed E-state index contributed by atoms with van der Waals surface area (Å²) < 4.78 is 7.34. The van der Waals surface area contributed by atoms with Crippen LogP contribution < -0.4 is 10.5 Å². The highest BCUT2D eigenvalue weighted by Crippen LogP contribution is 2.28. The number of aromatic nitrogens is 2. The van der Waals surface area contributed by atoms with E-state index in [0.717, 1.165) is 44.0 Å². The molecule has 1 fully saturated rings. The average Bonchev–Trinajstić information content (AvgIpc) is 2.85. The SMILES string of the molecule is CCn1ncc(OC)c1C(N)CC1CN(C)CCN1C. The molecule has 0 bridgehead atoms. The molecule has 2 rings (SSSR count). The summed E-state index contributed by atoms with van der Waals surface area (Å²) in [5, 5.41) is 4.34. The molecule has 2 atom stereocenters. The van der Waals surface area contributed by atoms with E-state index < -0.39 is 0 Å². The third-order valence-corrected chi connectivity index (χ3v) is 4.22. The highest BCUT2D eigenvalue weighted by molar-refractivity contribution is 5.28. The topological polar surface area (TPSA) is 59.6 Å². The number of piperazine rings is 1. The molecule has 0 aromatic carbocycles. The van der Waals surface area contributed by atoms with Crippen LogP contribution in [-0.4, -0.2) is 66.5 Å². The largest absolute Gasteiger partial charge is 0.493 e. The van der Waals surface area contributed by atoms with E-state index in [1.807, 2.05) is 4.68 Å². The van der Waals surface area contributed by atoms with Gasteiger partial charge in [0.05, 0.1) is 25.0 Å². The number of nitrogens with zero attached hydrogens (tertiary/aromatic N) is 4. The minimum absolute atomic E-state index is 0.0497. The highest BCUT2D eigenvalue weighted by Gasteiger charge is 2.27. The normalized spacial score (nSPS) is 22.9. The zero-order valence-electron chi connectivity index (χ0n) is 13.0. The minimum atomic E-state index is -0.0497. The van der Waals surface area contributed by atoms with E-state index in [1.165, 1.54) is 0 Å². The van der Waals surface area contributed by atoms with Gasteiger partial charge in [0.25, 0.3) is 0 Å². The fourth-order valence-corrected chi connectivity index (χ4v) is 2.92. The van der Waals surface area contributed by atoms with E-state index in [-0.39, 0.29) is 6.04 Å². The van der Waals surface area contributed by atoms with Gasteiger partial charge >= 0.3 is 0 Å². The van der Waals surface area contributed by atoms with Crippen LogP contribution in [0.25, 0.3) is 0 Å². The van der Waals surface area contributed by atoms with E-state index in [2.05, 4.69) is 35.9 Å². The second kappa shape index (κ2) is 6.56. The van der Waals surface area contributed by atoms with E-state index >= 15 is 0 Å². The van der Waals surface area contributed by atoms with Gasteiger partial charge in [-0.3, -0.25) is 4.68 Å². The molecule has 2 N–H and O–H groups in total. The van der Waals surface area contributed by atoms with Crippen LogP contribution >= 0.6 is 0 Å². The summed E-state index contributed by atoms with van der Waals surface area (Å²) in [5.74, 6) is 0.797. The van der Waals surface area contributed by atoms with Gasteiger partial charge in [0.1, 0.15) is 0 Å². The van der Waals surface area contributed by atoms with Gasteiger partial charge in [0, 0.05) is 32.2 Å². The second-order valence-corrected chi connectivity index (χ2v) is 5.65. The molecule has 6 heteroatoms. The number of ether oxygens (including phenoxy) is 1. The number of hydrogen-bond donors (Lipinski definition) is 1. The van der Waals surface area contributed by atoms with Crippen LogP contribution in [-0.2, 0) is 6.54 Å². The molecule has 0 spiro atoms. The number of methoxy groups -OCH3 is 1. The van der Waals surface area contributed by atoms with Crippen molar-refractivity contribution in [2.75, 3.05) is 40.8 Å². The summed E-state index contributed by atoms with van der Waals surface area (Å²) in [6, 6.07) is 0.431. The van der Waals surface area contributed by atoms with Crippen molar-refractivity contribution in [2.45, 2.75) is 32.0 Å². The predicted molar refractivity (Wildman–Crippen MR) is 79.9 cm³/mol. The maximum absolute atomic E-state index is 6.44. The lowest BCUT2D eigenvalue weighted by Crippen LogP contribution is -2.50. The summed E-state index contributed by atoms with van der Waals surface area (Å²) in [7, 11) is 6.02. The van der Waals surface area contributed by atoms with Gasteiger partial charge in [-0.1, -0.05) is 0 Å². The lowest BCUT2D eigenvalue weighted by atomic mass is 10.0. The molecule has 0 saturated carbocycles. The smallest absolute Gasteiger partial charge is 0.161 e. The van der Waals surface area contributed by atoms with Crippen molar-refractivity contribution in [1.82, 2.24) is 19.6 Å². The van der Waals surface area contributed by atoms with Crippen LogP contribution in [0.4, 0.5) is 0 Å². The van der Waals surface area contributed by atoms with Crippen molar-refractivity contribution in [3.63, 3.8) is 0 Å². The zero-order valence-corrected chi connectivity index (χ0v) is 13.0. The van der Waals surface area contributed by atoms with Crippen molar-refractivity contribution in [3.8, 4) is 5.75 Å². The van der Waals surface area contributed by atoms with Crippen molar-refractivity contribution in [1.29, 1.82) is 0 Å². The standard InChI is InChI=1S/C14H27N5O/c1-5-19-14(13(20-4)9-16-19)12(15)8-11-10-17(2)6-7-18(11)3/h9,11-12H,5-8,10,15H2,1-4H3. The number of nitrogens with two attached hydrogens (primary N) is 1. The Labute approximate surface area is 121 Å². The lowest BCUT2D eigenvalue weighted by molar-refractivity contribution is 0.103. The number of hydrogen-bond acceptors (Lipinski definition) is 5. The van der Waals surface area contributed by atoms with E-state index in [0.29, 0.717) is 6.04 Å². The maximum Gasteiger partial charge on any atom is 0.161 e. The van der Waals surface area contributed by atoms with Crippen molar-refractivity contribution < 1.29 is 4.74 Å². The monoisotopic (exact) mass is 281 g/mol. The van der Waals surface area contributed by atoms with Gasteiger partial charge in [0.2, 0.25) is 0 Å². The molecule has 2 heterocycles. The minimum Gasteiger partial charge on any atom is -0.493 e. The Morgan fingerprint density at radius 2 is 2.20 bits per heavy atom. The molecule has 1 aliphatic rings. The predicted octanol–water partition coefficient (Wildman–Crippen LogP) is 0.547. The Balaban J connectivity index is 2.11. The summed E-state index contributed by atoms with van der Waals surface area (Å²) in [4.78, 5) is 4.77. The van der Waals surface area contributed by atoms with E-state index in [9.17, 15) is 0 Å². The quantitative estimate of drug-likeness (QED) is 0.854. The molecule has 20 heavy (non-hydrogen) atoms. The Morgan fingerprint density at radius 1 is 1.45 bits per heavy atom. The van der Waals surface area contributed by atoms with Gasteiger partial charge in [-0.2, -0.15) is 5.10 Å². The highest BCUT2D eigenvalue weighted by atomic mass is 16.5. The van der Waals surface area contributed by atoms with Crippen LogP contribution in [0.3, 0.4) is 0 Å². The summed E-state index contributed by atoms with van der Waals surface area (Å²) in [6.45, 7) is 6.17. The third kappa shape index (κ3) is 3.13. The van der Waals surface area contributed by atoms with Crippen molar-refractivity contribution in [3.05, 3.63) is 11.9 Å². The van der Waals surface area contributed by atoms with Gasteiger partial charge in [0.15, 0.2) is 5.75 Å². The molecule has 0 radical (unpaired) electrons. The molecular formula is C14H27N5O. The van der Waals surface area contributed by atoms with Crippen LogP contribution in [0, 0.1) is 0 Å². The van der Waals surface area contributed by atoms with E-state index in [4.69, 9.17) is 10.5 Å². The van der Waals surface area contributed by atoms with Crippen molar-refractivity contribution in [2.24, 2.45) is 5.73 Å². The maximum atomic E-state index is 6.44. The molecule has 1 saturated heterocycles. The Kier molecular flexibility index (Phi) is 5.01. The molecule has 114 valence electrons. The molecular weight excluding hydrogens is 254 g/mol. The van der Waals surface area contributed by atoms with Crippen LogP contribution in [0.2, 0.25) is 0 Å². The van der Waals surface area contributed by atoms with Gasteiger partial charge < -0.3 is 20.3 Å². The third-order valence-electron chi connectivity index (χ3n) is 4.22. The molecule has 0 amide bonds. The summed E-state index contributed by atoms with van der Waals surface area (Å²) in [6.07, 6.45) is 2.68. The summed E-state index contributed by atoms with van der Waals surface area (Å²) in [5.41, 5.74) is 7.46. The second-order valence-electron chi connectivity index (χ2n) is 5.65. The number of rotatable bonds is 5.